The van der Waals surface area contributed by atoms with Crippen molar-refractivity contribution in [1.29, 1.82) is 0 Å². The quantitative estimate of drug-likeness (QED) is 0.656. The van der Waals surface area contributed by atoms with Gasteiger partial charge in [0.15, 0.2) is 0 Å². The van der Waals surface area contributed by atoms with Gasteiger partial charge in [-0.15, -0.1) is 11.6 Å². The Balaban J connectivity index is 2.72. The van der Waals surface area contributed by atoms with Crippen LogP contribution in [0, 0.1) is 9.39 Å². The third-order valence-electron chi connectivity index (χ3n) is 2.49. The molecule has 0 spiro atoms. The van der Waals surface area contributed by atoms with E-state index in [1.807, 2.05) is 22.6 Å². The van der Waals surface area contributed by atoms with Gasteiger partial charge in [-0.3, -0.25) is 4.79 Å². The zero-order chi connectivity index (χ0) is 13.4. The molecule has 0 aliphatic rings. The third-order valence-corrected chi connectivity index (χ3v) is 3.51. The van der Waals surface area contributed by atoms with Gasteiger partial charge in [0, 0.05) is 6.07 Å². The number of alkyl halides is 1. The first-order valence-electron chi connectivity index (χ1n) is 5.17. The number of nitrogens with two attached hydrogens (primary N) is 1. The van der Waals surface area contributed by atoms with Crippen LogP contribution in [0.3, 0.4) is 0 Å². The van der Waals surface area contributed by atoms with Crippen LogP contribution in [0.25, 0.3) is 11.0 Å². The van der Waals surface area contributed by atoms with Crippen molar-refractivity contribution in [3.05, 3.63) is 27.3 Å². The van der Waals surface area contributed by atoms with Crippen LogP contribution in [-0.2, 0) is 11.3 Å². The minimum Gasteiger partial charge on any atom is -0.368 e. The van der Waals surface area contributed by atoms with Gasteiger partial charge in [0.05, 0.1) is 20.0 Å². The van der Waals surface area contributed by atoms with Gasteiger partial charge in [0.2, 0.25) is 5.91 Å². The van der Waals surface area contributed by atoms with Crippen molar-refractivity contribution in [2.45, 2.75) is 18.8 Å². The SMILES string of the molecule is CC(Cl)c1nc2cc(I)c(F)cc2n1CC(N)=O. The second kappa shape index (κ2) is 5.00. The molecule has 2 N–H and O–H groups in total. The molecule has 4 nitrogen and oxygen atoms in total. The summed E-state index contributed by atoms with van der Waals surface area (Å²) in [5.74, 6) is -0.374. The number of aromatic nitrogens is 2. The van der Waals surface area contributed by atoms with Crippen LogP contribution in [0.15, 0.2) is 12.1 Å². The molecule has 0 radical (unpaired) electrons. The largest absolute Gasteiger partial charge is 0.368 e. The maximum atomic E-state index is 13.6. The zero-order valence-electron chi connectivity index (χ0n) is 9.45. The fourth-order valence-electron chi connectivity index (χ4n) is 1.76. The highest BCUT2D eigenvalue weighted by atomic mass is 127. The number of carbonyl (C=O) groups is 1. The lowest BCUT2D eigenvalue weighted by Gasteiger charge is -2.08. The van der Waals surface area contributed by atoms with E-state index in [9.17, 15) is 9.18 Å². The average molecular weight is 382 g/mol. The maximum absolute atomic E-state index is 13.6. The van der Waals surface area contributed by atoms with Crippen LogP contribution < -0.4 is 5.73 Å². The van der Waals surface area contributed by atoms with Crippen LogP contribution in [0.1, 0.15) is 18.1 Å². The minimum absolute atomic E-state index is 0.0665. The number of halogens is 3. The summed E-state index contributed by atoms with van der Waals surface area (Å²) in [5.41, 5.74) is 6.31. The lowest BCUT2D eigenvalue weighted by molar-refractivity contribution is -0.118. The van der Waals surface area contributed by atoms with Crippen molar-refractivity contribution < 1.29 is 9.18 Å². The van der Waals surface area contributed by atoms with Crippen molar-refractivity contribution in [3.63, 3.8) is 0 Å². The van der Waals surface area contributed by atoms with E-state index < -0.39 is 11.3 Å². The highest BCUT2D eigenvalue weighted by Gasteiger charge is 2.17. The Labute approximate surface area is 121 Å². The predicted molar refractivity (Wildman–Crippen MR) is 75.9 cm³/mol. The summed E-state index contributed by atoms with van der Waals surface area (Å²) in [6.45, 7) is 1.67. The Hall–Kier alpha value is -0.890. The van der Waals surface area contributed by atoms with E-state index in [1.54, 1.807) is 17.6 Å². The van der Waals surface area contributed by atoms with E-state index in [0.717, 1.165) is 0 Å². The Kier molecular flexibility index (Phi) is 3.76. The summed E-state index contributed by atoms with van der Waals surface area (Å²) in [7, 11) is 0. The van der Waals surface area contributed by atoms with E-state index in [-0.39, 0.29) is 12.4 Å². The molecular weight excluding hydrogens is 371 g/mol. The molecule has 0 saturated heterocycles. The zero-order valence-corrected chi connectivity index (χ0v) is 12.4. The van der Waals surface area contributed by atoms with Gasteiger partial charge >= 0.3 is 0 Å². The first-order valence-corrected chi connectivity index (χ1v) is 6.69. The molecule has 0 aliphatic carbocycles. The number of nitrogens with zero attached hydrogens (tertiary/aromatic N) is 2. The van der Waals surface area contributed by atoms with Crippen LogP contribution in [-0.4, -0.2) is 15.5 Å². The summed E-state index contributed by atoms with van der Waals surface area (Å²) in [4.78, 5) is 15.4. The molecule has 1 heterocycles. The second-order valence-electron chi connectivity index (χ2n) is 3.89. The molecule has 2 aromatic rings. The molecule has 7 heteroatoms. The van der Waals surface area contributed by atoms with E-state index >= 15 is 0 Å². The van der Waals surface area contributed by atoms with Gasteiger partial charge < -0.3 is 10.3 Å². The number of benzene rings is 1. The molecule has 2 rings (SSSR count). The topological polar surface area (TPSA) is 60.9 Å². The van der Waals surface area contributed by atoms with Crippen molar-refractivity contribution in [2.24, 2.45) is 5.73 Å². The van der Waals surface area contributed by atoms with Crippen molar-refractivity contribution in [2.75, 3.05) is 0 Å². The Bertz CT molecular complexity index is 626. The fraction of sp³-hybridized carbons (Fsp3) is 0.273. The van der Waals surface area contributed by atoms with Crippen LogP contribution in [0.2, 0.25) is 0 Å². The first-order chi connectivity index (χ1) is 8.40. The highest BCUT2D eigenvalue weighted by molar-refractivity contribution is 14.1. The monoisotopic (exact) mass is 381 g/mol. The fourth-order valence-corrected chi connectivity index (χ4v) is 2.38. The molecule has 1 aromatic carbocycles. The molecule has 1 atom stereocenters. The molecule has 96 valence electrons. The molecule has 18 heavy (non-hydrogen) atoms. The Morgan fingerprint density at radius 3 is 2.89 bits per heavy atom. The number of carbonyl (C=O) groups excluding carboxylic acids is 1. The lowest BCUT2D eigenvalue weighted by atomic mass is 10.3. The number of rotatable bonds is 3. The number of hydrogen-bond acceptors (Lipinski definition) is 2. The van der Waals surface area contributed by atoms with E-state index in [2.05, 4.69) is 4.98 Å². The summed E-state index contributed by atoms with van der Waals surface area (Å²) in [5, 5.41) is -0.391. The van der Waals surface area contributed by atoms with Gasteiger partial charge in [-0.1, -0.05) is 0 Å². The molecular formula is C11H10ClFIN3O. The summed E-state index contributed by atoms with van der Waals surface area (Å²) >= 11 is 7.90. The number of fused-ring (bicyclic) bond motifs is 1. The van der Waals surface area contributed by atoms with Crippen molar-refractivity contribution in [1.82, 2.24) is 9.55 Å². The normalized spacial score (nSPS) is 12.9. The molecule has 0 fully saturated rings. The first kappa shape index (κ1) is 13.5. The number of hydrogen-bond donors (Lipinski definition) is 1. The van der Waals surface area contributed by atoms with Gasteiger partial charge in [-0.05, 0) is 35.6 Å². The van der Waals surface area contributed by atoms with Gasteiger partial charge in [-0.2, -0.15) is 0 Å². The number of primary amides is 1. The molecule has 1 amide bonds. The summed E-state index contributed by atoms with van der Waals surface area (Å²) < 4.78 is 15.6. The lowest BCUT2D eigenvalue weighted by Crippen LogP contribution is -2.20. The van der Waals surface area contributed by atoms with E-state index in [0.29, 0.717) is 20.4 Å². The van der Waals surface area contributed by atoms with Crippen molar-refractivity contribution in [3.8, 4) is 0 Å². The predicted octanol–water partition coefficient (Wildman–Crippen LogP) is 2.57. The highest BCUT2D eigenvalue weighted by Crippen LogP contribution is 2.26. The standard InChI is InChI=1S/C11H10ClFIN3O/c1-5(12)11-16-8-3-7(14)6(13)2-9(8)17(11)4-10(15)18/h2-3,5H,4H2,1H3,(H2,15,18). The Morgan fingerprint density at radius 2 is 2.33 bits per heavy atom. The summed E-state index contributed by atoms with van der Waals surface area (Å²) in [6.07, 6.45) is 0. The molecule has 0 aliphatic heterocycles. The third kappa shape index (κ3) is 2.44. The van der Waals surface area contributed by atoms with Crippen LogP contribution >= 0.6 is 34.2 Å². The molecule has 1 unspecified atom stereocenters. The van der Waals surface area contributed by atoms with Crippen LogP contribution in [0.5, 0.6) is 0 Å². The van der Waals surface area contributed by atoms with E-state index in [4.69, 9.17) is 17.3 Å². The smallest absolute Gasteiger partial charge is 0.237 e. The Morgan fingerprint density at radius 1 is 1.67 bits per heavy atom. The van der Waals surface area contributed by atoms with Crippen LogP contribution in [0.4, 0.5) is 4.39 Å². The number of imidazole rings is 1. The van der Waals surface area contributed by atoms with Gasteiger partial charge in [0.1, 0.15) is 18.2 Å². The van der Waals surface area contributed by atoms with Crippen molar-refractivity contribution >= 4 is 51.1 Å². The average Bonchev–Trinajstić information content (AvgIpc) is 2.57. The molecule has 0 saturated carbocycles. The number of amides is 1. The molecule has 1 aromatic heterocycles. The van der Waals surface area contributed by atoms with Gasteiger partial charge in [0.25, 0.3) is 0 Å². The van der Waals surface area contributed by atoms with E-state index in [1.165, 1.54) is 6.07 Å². The minimum atomic E-state index is -0.521. The summed E-state index contributed by atoms with van der Waals surface area (Å²) in [6, 6.07) is 2.96. The van der Waals surface area contributed by atoms with Gasteiger partial charge in [-0.25, -0.2) is 9.37 Å². The maximum Gasteiger partial charge on any atom is 0.237 e. The molecule has 0 bridgehead atoms. The second-order valence-corrected chi connectivity index (χ2v) is 5.71.